The highest BCUT2D eigenvalue weighted by Gasteiger charge is 2.51. The predicted molar refractivity (Wildman–Crippen MR) is 125 cm³/mol. The Bertz CT molecular complexity index is 1300. The average Bonchev–Trinajstić information content (AvgIpc) is 3.55. The third kappa shape index (κ3) is 3.78. The normalized spacial score (nSPS) is 19.0. The first kappa shape index (κ1) is 21.0. The highest BCUT2D eigenvalue weighted by atomic mass is 32.1. The second-order valence-corrected chi connectivity index (χ2v) is 9.00. The lowest BCUT2D eigenvalue weighted by Gasteiger charge is -2.21. The fourth-order valence-electron chi connectivity index (χ4n) is 4.01. The Balaban J connectivity index is 1.36. The average molecular weight is 460 g/mol. The highest BCUT2D eigenvalue weighted by molar-refractivity contribution is 7.10. The van der Waals surface area contributed by atoms with Crippen LogP contribution in [0.1, 0.15) is 29.2 Å². The van der Waals surface area contributed by atoms with Crippen molar-refractivity contribution in [2.45, 2.75) is 18.5 Å². The van der Waals surface area contributed by atoms with Crippen LogP contribution in [-0.4, -0.2) is 29.3 Å². The second kappa shape index (κ2) is 8.22. The molecule has 0 saturated carbocycles. The van der Waals surface area contributed by atoms with E-state index in [2.05, 4.69) is 10.6 Å². The van der Waals surface area contributed by atoms with Crippen LogP contribution in [0.2, 0.25) is 0 Å². The summed E-state index contributed by atoms with van der Waals surface area (Å²) in [5, 5.41) is 8.42. The van der Waals surface area contributed by atoms with E-state index in [0.717, 1.165) is 20.7 Å². The van der Waals surface area contributed by atoms with Crippen LogP contribution in [-0.2, 0) is 15.1 Å². The topological polar surface area (TPSA) is 91.7 Å². The van der Waals surface area contributed by atoms with Gasteiger partial charge in [0.1, 0.15) is 17.9 Å². The number of nitrogens with zero attached hydrogens (tertiary/aromatic N) is 1. The minimum Gasteiger partial charge on any atom is -0.458 e. The maximum Gasteiger partial charge on any atom is 0.325 e. The number of rotatable bonds is 6. The van der Waals surface area contributed by atoms with Gasteiger partial charge in [-0.25, -0.2) is 4.79 Å². The van der Waals surface area contributed by atoms with Crippen LogP contribution in [0, 0.1) is 0 Å². The molecular formula is C25H21N3O4S. The third-order valence-electron chi connectivity index (χ3n) is 5.76. The molecule has 0 aliphatic carbocycles. The van der Waals surface area contributed by atoms with Gasteiger partial charge >= 0.3 is 6.03 Å². The highest BCUT2D eigenvalue weighted by Crippen LogP contribution is 2.33. The summed E-state index contributed by atoms with van der Waals surface area (Å²) in [6.07, 6.45) is 0. The monoisotopic (exact) mass is 459 g/mol. The van der Waals surface area contributed by atoms with Crippen LogP contribution in [0.25, 0.3) is 11.0 Å². The molecule has 2 N–H and O–H groups in total. The molecule has 1 fully saturated rings. The van der Waals surface area contributed by atoms with Gasteiger partial charge in [-0.2, -0.15) is 0 Å². The molecule has 7 nitrogen and oxygen atoms in total. The van der Waals surface area contributed by atoms with Crippen molar-refractivity contribution in [3.8, 4) is 0 Å². The molecule has 4 amide bonds. The minimum atomic E-state index is -1.39. The van der Waals surface area contributed by atoms with Gasteiger partial charge in [0.25, 0.3) is 5.91 Å². The number of hydrogen-bond donors (Lipinski definition) is 2. The standard InChI is InChI=1S/C25H21N3O4S/c1-25(20-14-17-10-5-6-11-18(17)32-20)23(30)28(24(31)27-25)15-21(29)26-22(19-12-7-13-33-19)16-8-3-2-4-9-16/h2-14,22H,15H2,1H3,(H,26,29)(H,27,31)/t22-,25-/m1/s1. The summed E-state index contributed by atoms with van der Waals surface area (Å²) in [5.74, 6) is -0.644. The predicted octanol–water partition coefficient (Wildman–Crippen LogP) is 4.17. The molecule has 4 aromatic rings. The number of hydrogen-bond acceptors (Lipinski definition) is 5. The van der Waals surface area contributed by atoms with Crippen molar-refractivity contribution in [1.29, 1.82) is 0 Å². The second-order valence-electron chi connectivity index (χ2n) is 8.02. The van der Waals surface area contributed by atoms with Crippen molar-refractivity contribution in [2.75, 3.05) is 6.54 Å². The molecule has 0 unspecified atom stereocenters. The number of para-hydroxylation sites is 1. The maximum atomic E-state index is 13.2. The Morgan fingerprint density at radius 1 is 1.09 bits per heavy atom. The van der Waals surface area contributed by atoms with Gasteiger partial charge in [0.15, 0.2) is 5.54 Å². The summed E-state index contributed by atoms with van der Waals surface area (Å²) < 4.78 is 5.84. The van der Waals surface area contributed by atoms with Crippen molar-refractivity contribution in [1.82, 2.24) is 15.5 Å². The first-order valence-electron chi connectivity index (χ1n) is 10.5. The number of carbonyl (C=O) groups is 3. The summed E-state index contributed by atoms with van der Waals surface area (Å²) in [5.41, 5.74) is 0.148. The van der Waals surface area contributed by atoms with Gasteiger partial charge in [0.05, 0.1) is 6.04 Å². The first-order valence-corrected chi connectivity index (χ1v) is 11.3. The molecule has 0 radical (unpaired) electrons. The number of thiophene rings is 1. The Hall–Kier alpha value is -3.91. The summed E-state index contributed by atoms with van der Waals surface area (Å²) in [6.45, 7) is 1.19. The van der Waals surface area contributed by atoms with Crippen molar-refractivity contribution in [2.24, 2.45) is 0 Å². The summed E-state index contributed by atoms with van der Waals surface area (Å²) >= 11 is 1.52. The fraction of sp³-hybridized carbons (Fsp3) is 0.160. The molecule has 2 aromatic carbocycles. The Kier molecular flexibility index (Phi) is 5.22. The fourth-order valence-corrected chi connectivity index (χ4v) is 4.81. The van der Waals surface area contributed by atoms with Gasteiger partial charge in [-0.3, -0.25) is 14.5 Å². The molecule has 1 saturated heterocycles. The zero-order valence-corrected chi connectivity index (χ0v) is 18.6. The van der Waals surface area contributed by atoms with Crippen LogP contribution in [0.15, 0.2) is 82.6 Å². The van der Waals surface area contributed by atoms with Crippen LogP contribution in [0.5, 0.6) is 0 Å². The van der Waals surface area contributed by atoms with Gasteiger partial charge in [0.2, 0.25) is 5.91 Å². The zero-order valence-electron chi connectivity index (χ0n) is 17.8. The lowest BCUT2D eigenvalue weighted by atomic mass is 9.99. The first-order chi connectivity index (χ1) is 16.0. The van der Waals surface area contributed by atoms with Crippen LogP contribution < -0.4 is 10.6 Å². The van der Waals surface area contributed by atoms with E-state index in [9.17, 15) is 14.4 Å². The van der Waals surface area contributed by atoms with Gasteiger partial charge in [-0.05, 0) is 36.1 Å². The van der Waals surface area contributed by atoms with Gasteiger partial charge in [-0.1, -0.05) is 54.6 Å². The number of amides is 4. The zero-order chi connectivity index (χ0) is 23.0. The quantitative estimate of drug-likeness (QED) is 0.424. The van der Waals surface area contributed by atoms with E-state index in [1.807, 2.05) is 66.0 Å². The van der Waals surface area contributed by atoms with Gasteiger partial charge in [0, 0.05) is 10.3 Å². The van der Waals surface area contributed by atoms with Crippen LogP contribution in [0.4, 0.5) is 4.79 Å². The number of benzene rings is 2. The molecule has 1 aliphatic rings. The molecule has 2 aromatic heterocycles. The SMILES string of the molecule is C[C@]1(c2cc3ccccc3o2)NC(=O)N(CC(=O)N[C@H](c2ccccc2)c2cccs2)C1=O. The van der Waals surface area contributed by atoms with E-state index < -0.39 is 29.9 Å². The molecule has 33 heavy (non-hydrogen) atoms. The summed E-state index contributed by atoms with van der Waals surface area (Å²) in [7, 11) is 0. The lowest BCUT2D eigenvalue weighted by molar-refractivity contribution is -0.135. The molecule has 0 spiro atoms. The van der Waals surface area contributed by atoms with E-state index in [0.29, 0.717) is 11.3 Å². The van der Waals surface area contributed by atoms with Crippen molar-refractivity contribution >= 4 is 40.2 Å². The molecule has 2 atom stereocenters. The van der Waals surface area contributed by atoms with E-state index >= 15 is 0 Å². The Morgan fingerprint density at radius 3 is 2.58 bits per heavy atom. The molecule has 8 heteroatoms. The number of carbonyl (C=O) groups excluding carboxylic acids is 3. The number of urea groups is 1. The maximum absolute atomic E-state index is 13.2. The molecule has 5 rings (SSSR count). The Labute approximate surface area is 194 Å². The van der Waals surface area contributed by atoms with Crippen LogP contribution in [0.3, 0.4) is 0 Å². The minimum absolute atomic E-state index is 0.325. The molecule has 3 heterocycles. The third-order valence-corrected chi connectivity index (χ3v) is 6.70. The summed E-state index contributed by atoms with van der Waals surface area (Å²) in [6, 6.07) is 21.5. The van der Waals surface area contributed by atoms with Crippen molar-refractivity contribution in [3.05, 3.63) is 94.4 Å². The molecule has 166 valence electrons. The summed E-state index contributed by atoms with van der Waals surface area (Å²) in [4.78, 5) is 40.8. The number of imide groups is 1. The molecule has 1 aliphatic heterocycles. The van der Waals surface area contributed by atoms with E-state index in [-0.39, 0.29) is 6.04 Å². The van der Waals surface area contributed by atoms with Crippen molar-refractivity contribution < 1.29 is 18.8 Å². The molecule has 0 bridgehead atoms. The van der Waals surface area contributed by atoms with Crippen molar-refractivity contribution in [3.63, 3.8) is 0 Å². The van der Waals surface area contributed by atoms with E-state index in [1.54, 1.807) is 19.1 Å². The van der Waals surface area contributed by atoms with Gasteiger partial charge in [-0.15, -0.1) is 11.3 Å². The molecular weight excluding hydrogens is 438 g/mol. The largest absolute Gasteiger partial charge is 0.458 e. The van der Waals surface area contributed by atoms with E-state index in [1.165, 1.54) is 11.3 Å². The lowest BCUT2D eigenvalue weighted by Crippen LogP contribution is -2.43. The number of nitrogens with one attached hydrogen (secondary N) is 2. The number of furan rings is 1. The van der Waals surface area contributed by atoms with Gasteiger partial charge < -0.3 is 15.1 Å². The number of fused-ring (bicyclic) bond motifs is 1. The van der Waals surface area contributed by atoms with Crippen LogP contribution >= 0.6 is 11.3 Å². The smallest absolute Gasteiger partial charge is 0.325 e. The Morgan fingerprint density at radius 2 is 1.85 bits per heavy atom. The van der Waals surface area contributed by atoms with E-state index in [4.69, 9.17) is 4.42 Å².